The molecule has 0 aliphatic carbocycles. The van der Waals surface area contributed by atoms with Crippen molar-refractivity contribution in [3.63, 3.8) is 0 Å². The molecule has 0 unspecified atom stereocenters. The number of hydrogen-bond acceptors (Lipinski definition) is 2. The number of nitrogens with one attached hydrogen (secondary N) is 1. The lowest BCUT2D eigenvalue weighted by atomic mass is 10.2. The van der Waals surface area contributed by atoms with Gasteiger partial charge in [-0.1, -0.05) is 44.8 Å². The van der Waals surface area contributed by atoms with Crippen molar-refractivity contribution in [2.45, 2.75) is 13.5 Å². The van der Waals surface area contributed by atoms with Crippen LogP contribution in [0, 0.1) is 0 Å². The molecule has 100 valence electrons. The van der Waals surface area contributed by atoms with E-state index in [0.29, 0.717) is 0 Å². The van der Waals surface area contributed by atoms with E-state index in [1.54, 1.807) is 0 Å². The van der Waals surface area contributed by atoms with Gasteiger partial charge in [0.1, 0.15) is 11.5 Å². The largest absolute Gasteiger partial charge is 0.457 e. The van der Waals surface area contributed by atoms with E-state index in [2.05, 4.69) is 50.2 Å². The molecule has 2 aromatic carbocycles. The zero-order chi connectivity index (χ0) is 13.7. The molecule has 0 bridgehead atoms. The number of ether oxygens (including phenoxy) is 1. The lowest BCUT2D eigenvalue weighted by Gasteiger charge is -2.12. The van der Waals surface area contributed by atoms with Gasteiger partial charge in [-0.25, -0.2) is 0 Å². The third kappa shape index (κ3) is 4.34. The normalized spacial score (nSPS) is 10.5. The molecule has 0 aliphatic heterocycles. The summed E-state index contributed by atoms with van der Waals surface area (Å²) in [6, 6.07) is 13.9. The van der Waals surface area contributed by atoms with E-state index in [4.69, 9.17) is 4.74 Å². The zero-order valence-electron chi connectivity index (χ0n) is 10.6. The number of hydrogen-bond donors (Lipinski definition) is 1. The third-order valence-electron chi connectivity index (χ3n) is 2.64. The molecule has 0 heterocycles. The minimum atomic E-state index is 0.801. The van der Waals surface area contributed by atoms with Crippen molar-refractivity contribution >= 4 is 31.9 Å². The second-order valence-electron chi connectivity index (χ2n) is 4.09. The minimum Gasteiger partial charge on any atom is -0.457 e. The highest BCUT2D eigenvalue weighted by atomic mass is 79.9. The Bertz CT molecular complexity index is 540. The highest BCUT2D eigenvalue weighted by Gasteiger charge is 2.06. The van der Waals surface area contributed by atoms with Crippen LogP contribution in [0.1, 0.15) is 12.5 Å². The smallest absolute Gasteiger partial charge is 0.133 e. The molecule has 2 aromatic rings. The summed E-state index contributed by atoms with van der Waals surface area (Å²) in [5, 5.41) is 3.32. The average molecular weight is 385 g/mol. The van der Waals surface area contributed by atoms with E-state index in [-0.39, 0.29) is 0 Å². The van der Waals surface area contributed by atoms with Crippen LogP contribution in [0.5, 0.6) is 11.5 Å². The highest BCUT2D eigenvalue weighted by Crippen LogP contribution is 2.29. The van der Waals surface area contributed by atoms with Crippen LogP contribution in [-0.2, 0) is 6.54 Å². The summed E-state index contributed by atoms with van der Waals surface area (Å²) in [7, 11) is 0. The summed E-state index contributed by atoms with van der Waals surface area (Å²) in [6.07, 6.45) is 0. The summed E-state index contributed by atoms with van der Waals surface area (Å²) in [6.45, 7) is 3.83. The van der Waals surface area contributed by atoms with Gasteiger partial charge in [-0.15, -0.1) is 0 Å². The lowest BCUT2D eigenvalue weighted by molar-refractivity contribution is 0.473. The van der Waals surface area contributed by atoms with Crippen molar-refractivity contribution in [1.82, 2.24) is 5.32 Å². The molecule has 0 aliphatic rings. The maximum Gasteiger partial charge on any atom is 0.133 e. The van der Waals surface area contributed by atoms with E-state index >= 15 is 0 Å². The van der Waals surface area contributed by atoms with Crippen LogP contribution in [0.25, 0.3) is 0 Å². The number of benzene rings is 2. The molecule has 1 N–H and O–H groups in total. The van der Waals surface area contributed by atoms with Gasteiger partial charge in [-0.2, -0.15) is 0 Å². The Morgan fingerprint density at radius 3 is 2.37 bits per heavy atom. The molecular formula is C15H15Br2NO. The molecule has 0 atom stereocenters. The van der Waals surface area contributed by atoms with E-state index in [0.717, 1.165) is 39.1 Å². The van der Waals surface area contributed by atoms with E-state index in [1.165, 1.54) is 0 Å². The Morgan fingerprint density at radius 2 is 1.68 bits per heavy atom. The minimum absolute atomic E-state index is 0.801. The molecule has 2 rings (SSSR count). The topological polar surface area (TPSA) is 21.3 Å². The van der Waals surface area contributed by atoms with Crippen molar-refractivity contribution < 1.29 is 4.74 Å². The van der Waals surface area contributed by atoms with Crippen molar-refractivity contribution in [1.29, 1.82) is 0 Å². The second kappa shape index (κ2) is 7.08. The molecule has 0 spiro atoms. The van der Waals surface area contributed by atoms with E-state index in [9.17, 15) is 0 Å². The molecule has 0 aromatic heterocycles. The molecule has 2 nitrogen and oxygen atoms in total. The first kappa shape index (κ1) is 14.6. The first-order valence-corrected chi connectivity index (χ1v) is 7.70. The monoisotopic (exact) mass is 383 g/mol. The summed E-state index contributed by atoms with van der Waals surface area (Å²) >= 11 is 6.90. The SMILES string of the molecule is CCNCc1ccc(Br)cc1Oc1ccc(Br)cc1. The maximum absolute atomic E-state index is 5.95. The molecular weight excluding hydrogens is 370 g/mol. The Labute approximate surface area is 130 Å². The number of halogens is 2. The molecule has 0 saturated heterocycles. The summed E-state index contributed by atoms with van der Waals surface area (Å²) < 4.78 is 8.01. The van der Waals surface area contributed by atoms with Gasteiger partial charge < -0.3 is 10.1 Å². The molecule has 0 radical (unpaired) electrons. The Balaban J connectivity index is 2.22. The van der Waals surface area contributed by atoms with Gasteiger partial charge in [0, 0.05) is 21.1 Å². The second-order valence-corrected chi connectivity index (χ2v) is 5.92. The Kier molecular flexibility index (Phi) is 5.43. The van der Waals surface area contributed by atoms with E-state index < -0.39 is 0 Å². The van der Waals surface area contributed by atoms with Gasteiger partial charge in [-0.3, -0.25) is 0 Å². The average Bonchev–Trinajstić information content (AvgIpc) is 2.40. The van der Waals surface area contributed by atoms with Gasteiger partial charge in [0.05, 0.1) is 0 Å². The molecule has 19 heavy (non-hydrogen) atoms. The van der Waals surface area contributed by atoms with Crippen LogP contribution in [-0.4, -0.2) is 6.54 Å². The molecule has 0 saturated carbocycles. The van der Waals surface area contributed by atoms with Crippen LogP contribution in [0.15, 0.2) is 51.4 Å². The van der Waals surface area contributed by atoms with Crippen molar-refractivity contribution in [2.24, 2.45) is 0 Å². The van der Waals surface area contributed by atoms with Gasteiger partial charge >= 0.3 is 0 Å². The van der Waals surface area contributed by atoms with Crippen LogP contribution in [0.2, 0.25) is 0 Å². The zero-order valence-corrected chi connectivity index (χ0v) is 13.8. The Hall–Kier alpha value is -0.840. The van der Waals surface area contributed by atoms with Crippen LogP contribution < -0.4 is 10.1 Å². The predicted octanol–water partition coefficient (Wildman–Crippen LogP) is 5.11. The summed E-state index contributed by atoms with van der Waals surface area (Å²) in [5.74, 6) is 1.71. The molecule has 4 heteroatoms. The Morgan fingerprint density at radius 1 is 1.00 bits per heavy atom. The fourth-order valence-electron chi connectivity index (χ4n) is 1.66. The molecule has 0 fully saturated rings. The van der Waals surface area contributed by atoms with Crippen LogP contribution >= 0.6 is 31.9 Å². The van der Waals surface area contributed by atoms with Gasteiger partial charge in [0.15, 0.2) is 0 Å². The first-order valence-electron chi connectivity index (χ1n) is 6.11. The van der Waals surface area contributed by atoms with Crippen molar-refractivity contribution in [3.8, 4) is 11.5 Å². The predicted molar refractivity (Wildman–Crippen MR) is 85.7 cm³/mol. The van der Waals surface area contributed by atoms with Gasteiger partial charge in [0.2, 0.25) is 0 Å². The lowest BCUT2D eigenvalue weighted by Crippen LogP contribution is -2.12. The fraction of sp³-hybridized carbons (Fsp3) is 0.200. The quantitative estimate of drug-likeness (QED) is 0.772. The highest BCUT2D eigenvalue weighted by molar-refractivity contribution is 9.10. The van der Waals surface area contributed by atoms with Crippen LogP contribution in [0.4, 0.5) is 0 Å². The van der Waals surface area contributed by atoms with Crippen molar-refractivity contribution in [3.05, 3.63) is 57.0 Å². The third-order valence-corrected chi connectivity index (χ3v) is 3.66. The fourth-order valence-corrected chi connectivity index (χ4v) is 2.26. The standard InChI is InChI=1S/C15H15Br2NO/c1-2-18-10-11-3-4-13(17)9-15(11)19-14-7-5-12(16)6-8-14/h3-9,18H,2,10H2,1H3. The van der Waals surface area contributed by atoms with E-state index in [1.807, 2.05) is 36.4 Å². The van der Waals surface area contributed by atoms with Gasteiger partial charge in [0.25, 0.3) is 0 Å². The van der Waals surface area contributed by atoms with Gasteiger partial charge in [-0.05, 0) is 42.9 Å². The van der Waals surface area contributed by atoms with Crippen molar-refractivity contribution in [2.75, 3.05) is 6.54 Å². The summed E-state index contributed by atoms with van der Waals surface area (Å²) in [5.41, 5.74) is 1.15. The maximum atomic E-state index is 5.95. The van der Waals surface area contributed by atoms with Crippen LogP contribution in [0.3, 0.4) is 0 Å². The summed E-state index contributed by atoms with van der Waals surface area (Å²) in [4.78, 5) is 0. The number of rotatable bonds is 5. The molecule has 0 amide bonds. The first-order chi connectivity index (χ1) is 9.19.